The molecule has 0 saturated carbocycles. The van der Waals surface area contributed by atoms with E-state index in [0.29, 0.717) is 35.4 Å². The maximum atomic E-state index is 12.4. The maximum absolute atomic E-state index is 12.4. The molecule has 0 fully saturated rings. The molecule has 1 aliphatic rings. The number of methoxy groups -OCH3 is 1. The van der Waals surface area contributed by atoms with Crippen LogP contribution in [0.1, 0.15) is 29.5 Å². The second-order valence-corrected chi connectivity index (χ2v) is 7.32. The number of ether oxygens (including phenoxy) is 1. The predicted octanol–water partition coefficient (Wildman–Crippen LogP) is 3.57. The second kappa shape index (κ2) is 8.02. The van der Waals surface area contributed by atoms with Crippen LogP contribution in [0.25, 0.3) is 11.0 Å². The van der Waals surface area contributed by atoms with E-state index in [1.807, 2.05) is 25.1 Å². The lowest BCUT2D eigenvalue weighted by molar-refractivity contribution is -0.117. The van der Waals surface area contributed by atoms with Crippen molar-refractivity contribution in [2.75, 3.05) is 17.7 Å². The van der Waals surface area contributed by atoms with Crippen molar-refractivity contribution in [3.05, 3.63) is 63.5 Å². The van der Waals surface area contributed by atoms with Crippen molar-refractivity contribution < 1.29 is 18.7 Å². The third-order valence-electron chi connectivity index (χ3n) is 5.38. The number of rotatable bonds is 5. The summed E-state index contributed by atoms with van der Waals surface area (Å²) in [4.78, 5) is 36.3. The number of nitrogens with one attached hydrogen (secondary N) is 2. The van der Waals surface area contributed by atoms with E-state index in [9.17, 15) is 14.4 Å². The lowest BCUT2D eigenvalue weighted by Crippen LogP contribution is -2.20. The molecule has 0 spiro atoms. The Hall–Kier alpha value is -3.61. The van der Waals surface area contributed by atoms with Gasteiger partial charge in [0.15, 0.2) is 0 Å². The Morgan fingerprint density at radius 1 is 1.17 bits per heavy atom. The van der Waals surface area contributed by atoms with Crippen LogP contribution in [0.2, 0.25) is 0 Å². The SMILES string of the molecule is COc1ccc2c(C)c(CCC(=O)Nc3ccc4c(c3)CCC(=O)N4)c(=O)oc2c1. The van der Waals surface area contributed by atoms with Crippen LogP contribution in [0.5, 0.6) is 5.75 Å². The predicted molar refractivity (Wildman–Crippen MR) is 114 cm³/mol. The standard InChI is InChI=1S/C23H22N2O5/c1-13-17-6-5-16(29-2)12-20(17)30-23(28)18(13)7-10-21(26)24-15-4-8-19-14(11-15)3-9-22(27)25-19/h4-6,8,11-12H,3,7,9-10H2,1-2H3,(H,24,26)(H,25,27). The molecular formula is C23H22N2O5. The molecule has 3 aromatic rings. The highest BCUT2D eigenvalue weighted by molar-refractivity contribution is 5.95. The zero-order valence-electron chi connectivity index (χ0n) is 16.8. The van der Waals surface area contributed by atoms with E-state index >= 15 is 0 Å². The van der Waals surface area contributed by atoms with E-state index in [1.54, 1.807) is 25.3 Å². The van der Waals surface area contributed by atoms with Gasteiger partial charge >= 0.3 is 5.63 Å². The number of fused-ring (bicyclic) bond motifs is 2. The van der Waals surface area contributed by atoms with Gasteiger partial charge in [0, 0.05) is 41.2 Å². The highest BCUT2D eigenvalue weighted by Gasteiger charge is 2.16. The van der Waals surface area contributed by atoms with Crippen molar-refractivity contribution >= 4 is 34.2 Å². The van der Waals surface area contributed by atoms with Crippen LogP contribution in [0.4, 0.5) is 11.4 Å². The molecule has 2 aromatic carbocycles. The molecule has 1 aliphatic heterocycles. The summed E-state index contributed by atoms with van der Waals surface area (Å²) in [5.41, 5.74) is 3.78. The Bertz CT molecular complexity index is 1210. The van der Waals surface area contributed by atoms with E-state index in [4.69, 9.17) is 9.15 Å². The minimum atomic E-state index is -0.439. The lowest BCUT2D eigenvalue weighted by atomic mass is 10.0. The first-order chi connectivity index (χ1) is 14.4. The fourth-order valence-electron chi connectivity index (χ4n) is 3.71. The van der Waals surface area contributed by atoms with Gasteiger partial charge in [0.05, 0.1) is 7.11 Å². The number of benzene rings is 2. The van der Waals surface area contributed by atoms with Crippen LogP contribution < -0.4 is 21.0 Å². The number of amides is 2. The molecule has 4 rings (SSSR count). The molecule has 30 heavy (non-hydrogen) atoms. The summed E-state index contributed by atoms with van der Waals surface area (Å²) in [5, 5.41) is 6.50. The molecule has 0 aliphatic carbocycles. The van der Waals surface area contributed by atoms with E-state index in [0.717, 1.165) is 22.2 Å². The number of carbonyl (C=O) groups excluding carboxylic acids is 2. The van der Waals surface area contributed by atoms with Gasteiger partial charge < -0.3 is 19.8 Å². The van der Waals surface area contributed by atoms with E-state index in [1.165, 1.54) is 0 Å². The van der Waals surface area contributed by atoms with Gasteiger partial charge in [0.1, 0.15) is 11.3 Å². The smallest absolute Gasteiger partial charge is 0.339 e. The van der Waals surface area contributed by atoms with Crippen molar-refractivity contribution in [3.8, 4) is 5.75 Å². The van der Waals surface area contributed by atoms with Crippen molar-refractivity contribution in [2.24, 2.45) is 0 Å². The van der Waals surface area contributed by atoms with Crippen LogP contribution in [0, 0.1) is 6.92 Å². The fraction of sp³-hybridized carbons (Fsp3) is 0.261. The van der Waals surface area contributed by atoms with Crippen molar-refractivity contribution in [1.82, 2.24) is 0 Å². The first kappa shape index (κ1) is 19.7. The molecule has 154 valence electrons. The molecule has 7 nitrogen and oxygen atoms in total. The highest BCUT2D eigenvalue weighted by atomic mass is 16.5. The Kier molecular flexibility index (Phi) is 5.27. The van der Waals surface area contributed by atoms with Crippen LogP contribution in [-0.2, 0) is 22.4 Å². The third kappa shape index (κ3) is 3.91. The van der Waals surface area contributed by atoms with E-state index in [2.05, 4.69) is 10.6 Å². The normalized spacial score (nSPS) is 12.9. The van der Waals surface area contributed by atoms with E-state index < -0.39 is 5.63 Å². The molecular weight excluding hydrogens is 384 g/mol. The van der Waals surface area contributed by atoms with Gasteiger partial charge in [0.25, 0.3) is 0 Å². The first-order valence-electron chi connectivity index (χ1n) is 9.77. The number of hydrogen-bond acceptors (Lipinski definition) is 5. The number of carbonyl (C=O) groups is 2. The summed E-state index contributed by atoms with van der Waals surface area (Å²) in [5.74, 6) is 0.424. The molecule has 0 saturated heterocycles. The average Bonchev–Trinajstić information content (AvgIpc) is 2.73. The van der Waals surface area contributed by atoms with Crippen molar-refractivity contribution in [3.63, 3.8) is 0 Å². The topological polar surface area (TPSA) is 97.6 Å². The molecule has 0 radical (unpaired) electrons. The van der Waals surface area contributed by atoms with Crippen LogP contribution >= 0.6 is 0 Å². The van der Waals surface area contributed by atoms with Gasteiger partial charge in [-0.05, 0) is 61.2 Å². The summed E-state index contributed by atoms with van der Waals surface area (Å²) in [6, 6.07) is 10.8. The van der Waals surface area contributed by atoms with Gasteiger partial charge in [-0.3, -0.25) is 9.59 Å². The number of anilines is 2. The van der Waals surface area contributed by atoms with Crippen LogP contribution in [0.3, 0.4) is 0 Å². The van der Waals surface area contributed by atoms with Crippen LogP contribution in [0.15, 0.2) is 45.6 Å². The maximum Gasteiger partial charge on any atom is 0.339 e. The van der Waals surface area contributed by atoms with Crippen LogP contribution in [-0.4, -0.2) is 18.9 Å². The van der Waals surface area contributed by atoms with Gasteiger partial charge in [-0.15, -0.1) is 0 Å². The molecule has 2 N–H and O–H groups in total. The Labute approximate surface area is 173 Å². The van der Waals surface area contributed by atoms with Gasteiger partial charge in [-0.25, -0.2) is 4.79 Å². The Morgan fingerprint density at radius 3 is 2.80 bits per heavy atom. The average molecular weight is 406 g/mol. The van der Waals surface area contributed by atoms with Crippen molar-refractivity contribution in [2.45, 2.75) is 32.6 Å². The molecule has 1 aromatic heterocycles. The molecule has 0 unspecified atom stereocenters. The molecule has 7 heteroatoms. The minimum absolute atomic E-state index is 0.00214. The quantitative estimate of drug-likeness (QED) is 0.632. The monoisotopic (exact) mass is 406 g/mol. The molecule has 2 amide bonds. The van der Waals surface area contributed by atoms with Gasteiger partial charge in [-0.1, -0.05) is 0 Å². The minimum Gasteiger partial charge on any atom is -0.497 e. The Morgan fingerprint density at radius 2 is 2.00 bits per heavy atom. The van der Waals surface area contributed by atoms with E-state index in [-0.39, 0.29) is 24.7 Å². The lowest BCUT2D eigenvalue weighted by Gasteiger charge is -2.17. The zero-order chi connectivity index (χ0) is 21.3. The summed E-state index contributed by atoms with van der Waals surface area (Å²) < 4.78 is 10.6. The first-order valence-corrected chi connectivity index (χ1v) is 9.77. The number of hydrogen-bond donors (Lipinski definition) is 2. The second-order valence-electron chi connectivity index (χ2n) is 7.32. The summed E-state index contributed by atoms with van der Waals surface area (Å²) >= 11 is 0. The van der Waals surface area contributed by atoms with Gasteiger partial charge in [0.2, 0.25) is 11.8 Å². The summed E-state index contributed by atoms with van der Waals surface area (Å²) in [6.45, 7) is 1.86. The highest BCUT2D eigenvalue weighted by Crippen LogP contribution is 2.26. The van der Waals surface area contributed by atoms with Crippen molar-refractivity contribution in [1.29, 1.82) is 0 Å². The third-order valence-corrected chi connectivity index (χ3v) is 5.38. The molecule has 0 bridgehead atoms. The number of aryl methyl sites for hydroxylation is 2. The molecule has 0 atom stereocenters. The summed E-state index contributed by atoms with van der Waals surface area (Å²) in [6.07, 6.45) is 1.52. The molecule has 2 heterocycles. The largest absolute Gasteiger partial charge is 0.497 e. The fourth-order valence-corrected chi connectivity index (χ4v) is 3.71. The zero-order valence-corrected chi connectivity index (χ0v) is 16.8. The summed E-state index contributed by atoms with van der Waals surface area (Å²) in [7, 11) is 1.55. The van der Waals surface area contributed by atoms with Gasteiger partial charge in [-0.2, -0.15) is 0 Å². The Balaban J connectivity index is 1.47.